The predicted molar refractivity (Wildman–Crippen MR) is 125 cm³/mol. The van der Waals surface area contributed by atoms with Crippen molar-refractivity contribution in [3.63, 3.8) is 0 Å². The number of benzene rings is 1. The number of esters is 1. The first-order valence-electron chi connectivity index (χ1n) is 11.9. The third kappa shape index (κ3) is 6.71. The number of hydrogen-bond acceptors (Lipinski definition) is 5. The molecule has 1 aliphatic heterocycles. The van der Waals surface area contributed by atoms with Crippen LogP contribution < -0.4 is 5.73 Å². The number of ether oxygens (including phenoxy) is 2. The van der Waals surface area contributed by atoms with E-state index in [4.69, 9.17) is 15.2 Å². The Balaban J connectivity index is 1.74. The van der Waals surface area contributed by atoms with Gasteiger partial charge in [0.25, 0.3) is 0 Å². The summed E-state index contributed by atoms with van der Waals surface area (Å²) in [6, 6.07) is 8.83. The molecule has 2 atom stereocenters. The van der Waals surface area contributed by atoms with E-state index in [-0.39, 0.29) is 23.9 Å². The van der Waals surface area contributed by atoms with Crippen molar-refractivity contribution in [1.82, 2.24) is 4.90 Å². The fourth-order valence-corrected chi connectivity index (χ4v) is 4.59. The van der Waals surface area contributed by atoms with Gasteiger partial charge < -0.3 is 20.1 Å². The summed E-state index contributed by atoms with van der Waals surface area (Å²) < 4.78 is 11.3. The summed E-state index contributed by atoms with van der Waals surface area (Å²) in [5, 5.41) is 0. The number of likely N-dealkylation sites (tertiary alicyclic amines) is 1. The molecule has 0 bridgehead atoms. The largest absolute Gasteiger partial charge is 0.460 e. The van der Waals surface area contributed by atoms with Gasteiger partial charge in [0.1, 0.15) is 11.2 Å². The SMILES string of the molecule is CC(C)(C)OC(=O)[C@@H](Cc1cccc(C2CC(N)C2)c1)[C@H]1CCN(C(=O)OC(C)(C)C)C1. The number of amides is 1. The van der Waals surface area contributed by atoms with E-state index in [0.717, 1.165) is 24.8 Å². The van der Waals surface area contributed by atoms with E-state index in [1.54, 1.807) is 4.90 Å². The Morgan fingerprint density at radius 2 is 1.75 bits per heavy atom. The van der Waals surface area contributed by atoms with Gasteiger partial charge in [-0.2, -0.15) is 0 Å². The third-order valence-corrected chi connectivity index (χ3v) is 6.21. The van der Waals surface area contributed by atoms with Crippen molar-refractivity contribution in [2.45, 2.75) is 90.4 Å². The first kappa shape index (κ1) is 24.6. The standard InChI is InChI=1S/C26H40N2O4/c1-25(2,3)31-23(29)22(19-10-11-28(16-19)24(30)32-26(4,5)6)13-17-8-7-9-18(12-17)20-14-21(27)15-20/h7-9,12,19-22H,10-11,13-16,27H2,1-6H3/t19-,20?,21?,22-/m0/s1. The molecule has 1 aliphatic carbocycles. The van der Waals surface area contributed by atoms with Crippen LogP contribution in [0.25, 0.3) is 0 Å². The van der Waals surface area contributed by atoms with Crippen molar-refractivity contribution in [2.24, 2.45) is 17.6 Å². The van der Waals surface area contributed by atoms with Crippen molar-refractivity contribution in [1.29, 1.82) is 0 Å². The smallest absolute Gasteiger partial charge is 0.410 e. The molecule has 0 radical (unpaired) electrons. The molecule has 2 fully saturated rings. The highest BCUT2D eigenvalue weighted by Crippen LogP contribution is 2.37. The second kappa shape index (κ2) is 9.42. The minimum absolute atomic E-state index is 0.0400. The van der Waals surface area contributed by atoms with Crippen molar-refractivity contribution >= 4 is 12.1 Å². The van der Waals surface area contributed by atoms with Crippen molar-refractivity contribution in [2.75, 3.05) is 13.1 Å². The highest BCUT2D eigenvalue weighted by atomic mass is 16.6. The zero-order valence-corrected chi connectivity index (χ0v) is 20.5. The van der Waals surface area contributed by atoms with Gasteiger partial charge >= 0.3 is 12.1 Å². The summed E-state index contributed by atoms with van der Waals surface area (Å²) >= 11 is 0. The summed E-state index contributed by atoms with van der Waals surface area (Å²) in [6.07, 6.45) is 3.10. The van der Waals surface area contributed by atoms with Crippen LogP contribution in [0.3, 0.4) is 0 Å². The molecule has 1 saturated carbocycles. The maximum absolute atomic E-state index is 13.2. The summed E-state index contributed by atoms with van der Waals surface area (Å²) in [6.45, 7) is 12.4. The molecule has 1 aromatic carbocycles. The molecule has 178 valence electrons. The Labute approximate surface area is 192 Å². The normalized spacial score (nSPS) is 24.6. The van der Waals surface area contributed by atoms with Crippen LogP contribution in [0.1, 0.15) is 77.8 Å². The Morgan fingerprint density at radius 3 is 2.34 bits per heavy atom. The van der Waals surface area contributed by atoms with E-state index in [1.165, 1.54) is 5.56 Å². The quantitative estimate of drug-likeness (QED) is 0.669. The van der Waals surface area contributed by atoms with E-state index in [2.05, 4.69) is 24.3 Å². The van der Waals surface area contributed by atoms with Crippen LogP contribution in [-0.4, -0.2) is 47.3 Å². The maximum Gasteiger partial charge on any atom is 0.410 e. The molecule has 6 nitrogen and oxygen atoms in total. The molecule has 6 heteroatoms. The fourth-order valence-electron chi connectivity index (χ4n) is 4.59. The van der Waals surface area contributed by atoms with Crippen LogP contribution in [0, 0.1) is 11.8 Å². The Bertz CT molecular complexity index is 818. The number of nitrogens with zero attached hydrogens (tertiary/aromatic N) is 1. The van der Waals surface area contributed by atoms with Crippen LogP contribution >= 0.6 is 0 Å². The predicted octanol–water partition coefficient (Wildman–Crippen LogP) is 4.65. The summed E-state index contributed by atoms with van der Waals surface area (Å²) in [7, 11) is 0. The Hall–Kier alpha value is -2.08. The molecular weight excluding hydrogens is 404 g/mol. The molecule has 32 heavy (non-hydrogen) atoms. The minimum atomic E-state index is -0.553. The summed E-state index contributed by atoms with van der Waals surface area (Å²) in [4.78, 5) is 27.5. The molecule has 2 N–H and O–H groups in total. The van der Waals surface area contributed by atoms with Crippen molar-refractivity contribution in [3.8, 4) is 0 Å². The number of carbonyl (C=O) groups is 2. The van der Waals surface area contributed by atoms with Gasteiger partial charge in [-0.15, -0.1) is 0 Å². The van der Waals surface area contributed by atoms with Gasteiger partial charge in [0.15, 0.2) is 0 Å². The Morgan fingerprint density at radius 1 is 1.09 bits per heavy atom. The van der Waals surface area contributed by atoms with Crippen LogP contribution in [0.15, 0.2) is 24.3 Å². The van der Waals surface area contributed by atoms with E-state index in [1.807, 2.05) is 41.5 Å². The number of hydrogen-bond donors (Lipinski definition) is 1. The van der Waals surface area contributed by atoms with Gasteiger partial charge in [0.05, 0.1) is 5.92 Å². The Kier molecular flexibility index (Phi) is 7.23. The van der Waals surface area contributed by atoms with Crippen molar-refractivity contribution < 1.29 is 19.1 Å². The third-order valence-electron chi connectivity index (χ3n) is 6.21. The molecule has 3 rings (SSSR count). The lowest BCUT2D eigenvalue weighted by molar-refractivity contribution is -0.161. The van der Waals surface area contributed by atoms with Crippen LogP contribution in [0.5, 0.6) is 0 Å². The fraction of sp³-hybridized carbons (Fsp3) is 0.692. The second-order valence-corrected chi connectivity index (χ2v) is 11.5. The second-order valence-electron chi connectivity index (χ2n) is 11.5. The lowest BCUT2D eigenvalue weighted by atomic mass is 9.75. The summed E-state index contributed by atoms with van der Waals surface area (Å²) in [5.41, 5.74) is 7.32. The van der Waals surface area contributed by atoms with Crippen LogP contribution in [0.2, 0.25) is 0 Å². The lowest BCUT2D eigenvalue weighted by Gasteiger charge is -2.33. The van der Waals surface area contributed by atoms with E-state index < -0.39 is 11.2 Å². The van der Waals surface area contributed by atoms with Gasteiger partial charge in [-0.05, 0) is 90.2 Å². The van der Waals surface area contributed by atoms with Crippen LogP contribution in [-0.2, 0) is 20.7 Å². The zero-order chi connectivity index (χ0) is 23.7. The first-order chi connectivity index (χ1) is 14.8. The maximum atomic E-state index is 13.2. The molecule has 1 aromatic rings. The van der Waals surface area contributed by atoms with Gasteiger partial charge in [-0.25, -0.2) is 4.79 Å². The zero-order valence-electron chi connectivity index (χ0n) is 20.5. The molecule has 1 heterocycles. The molecule has 1 saturated heterocycles. The van der Waals surface area contributed by atoms with Crippen molar-refractivity contribution in [3.05, 3.63) is 35.4 Å². The molecule has 1 amide bonds. The van der Waals surface area contributed by atoms with Gasteiger partial charge in [0.2, 0.25) is 0 Å². The van der Waals surface area contributed by atoms with Gasteiger partial charge in [-0.1, -0.05) is 24.3 Å². The topological polar surface area (TPSA) is 81.9 Å². The summed E-state index contributed by atoms with van der Waals surface area (Å²) in [5.74, 6) is 0.0578. The molecule has 0 aromatic heterocycles. The first-order valence-corrected chi connectivity index (χ1v) is 11.9. The molecule has 0 spiro atoms. The van der Waals surface area contributed by atoms with Crippen LogP contribution in [0.4, 0.5) is 4.79 Å². The molecule has 2 aliphatic rings. The van der Waals surface area contributed by atoms with E-state index in [0.29, 0.717) is 31.5 Å². The number of carbonyl (C=O) groups excluding carboxylic acids is 2. The average Bonchev–Trinajstić information content (AvgIpc) is 3.11. The number of nitrogens with two attached hydrogens (primary N) is 1. The highest BCUT2D eigenvalue weighted by Gasteiger charge is 2.39. The lowest BCUT2D eigenvalue weighted by Crippen LogP contribution is -2.38. The minimum Gasteiger partial charge on any atom is -0.460 e. The monoisotopic (exact) mass is 444 g/mol. The molecule has 0 unspecified atom stereocenters. The molecular formula is C26H40N2O4. The van der Waals surface area contributed by atoms with Gasteiger partial charge in [0, 0.05) is 19.1 Å². The van der Waals surface area contributed by atoms with Gasteiger partial charge in [-0.3, -0.25) is 4.79 Å². The average molecular weight is 445 g/mol. The number of rotatable bonds is 5. The highest BCUT2D eigenvalue weighted by molar-refractivity contribution is 5.74. The van der Waals surface area contributed by atoms with E-state index in [9.17, 15) is 9.59 Å². The van der Waals surface area contributed by atoms with E-state index >= 15 is 0 Å².